The van der Waals surface area contributed by atoms with Gasteiger partial charge >= 0.3 is 12.2 Å². The lowest BCUT2D eigenvalue weighted by atomic mass is 10.1. The standard InChI is InChI=1S/C20H22N2O4S/c1-3-25-19(23)22(20(24)26-4-2)18(27)21-17-12-10-16(11-13-17)14-15-8-6-5-7-9-15/h5-13H,3-4,14H2,1-2H3,(H,21,27). The first-order chi connectivity index (χ1) is 13.0. The Labute approximate surface area is 164 Å². The van der Waals surface area contributed by atoms with E-state index in [4.69, 9.17) is 21.7 Å². The molecule has 0 unspecified atom stereocenters. The molecule has 0 radical (unpaired) electrons. The molecular formula is C20H22N2O4S. The lowest BCUT2D eigenvalue weighted by Gasteiger charge is -2.20. The third-order valence-corrected chi connectivity index (χ3v) is 3.84. The zero-order chi connectivity index (χ0) is 19.6. The topological polar surface area (TPSA) is 67.9 Å². The second-order valence-corrected chi connectivity index (χ2v) is 5.91. The van der Waals surface area contributed by atoms with Gasteiger partial charge in [-0.3, -0.25) is 0 Å². The highest BCUT2D eigenvalue weighted by Crippen LogP contribution is 2.15. The summed E-state index contributed by atoms with van der Waals surface area (Å²) in [6, 6.07) is 17.7. The van der Waals surface area contributed by atoms with Crippen LogP contribution in [0.3, 0.4) is 0 Å². The highest BCUT2D eigenvalue weighted by molar-refractivity contribution is 7.80. The molecule has 7 heteroatoms. The molecule has 0 aliphatic rings. The van der Waals surface area contributed by atoms with Gasteiger partial charge in [-0.1, -0.05) is 42.5 Å². The minimum absolute atomic E-state index is 0.109. The summed E-state index contributed by atoms with van der Waals surface area (Å²) in [6.45, 7) is 3.52. The summed E-state index contributed by atoms with van der Waals surface area (Å²) in [5.41, 5.74) is 2.99. The Morgan fingerprint density at radius 3 is 1.93 bits per heavy atom. The van der Waals surface area contributed by atoms with Gasteiger partial charge in [0.2, 0.25) is 0 Å². The van der Waals surface area contributed by atoms with E-state index in [1.54, 1.807) is 13.8 Å². The molecular weight excluding hydrogens is 364 g/mol. The van der Waals surface area contributed by atoms with E-state index in [0.717, 1.165) is 12.0 Å². The summed E-state index contributed by atoms with van der Waals surface area (Å²) in [6.07, 6.45) is -0.952. The molecule has 6 nitrogen and oxygen atoms in total. The maximum atomic E-state index is 12.0. The van der Waals surface area contributed by atoms with Crippen molar-refractivity contribution in [1.29, 1.82) is 0 Å². The van der Waals surface area contributed by atoms with E-state index in [0.29, 0.717) is 10.6 Å². The van der Waals surface area contributed by atoms with Crippen LogP contribution in [0.5, 0.6) is 0 Å². The molecule has 0 fully saturated rings. The average Bonchev–Trinajstić information content (AvgIpc) is 2.65. The largest absolute Gasteiger partial charge is 0.449 e. The van der Waals surface area contributed by atoms with E-state index in [-0.39, 0.29) is 18.3 Å². The van der Waals surface area contributed by atoms with Crippen molar-refractivity contribution in [3.8, 4) is 0 Å². The number of amides is 2. The van der Waals surface area contributed by atoms with Gasteiger partial charge < -0.3 is 14.8 Å². The highest BCUT2D eigenvalue weighted by Gasteiger charge is 2.28. The number of imide groups is 1. The molecule has 0 spiro atoms. The van der Waals surface area contributed by atoms with E-state index in [2.05, 4.69) is 17.4 Å². The van der Waals surface area contributed by atoms with E-state index in [9.17, 15) is 9.59 Å². The van der Waals surface area contributed by atoms with Crippen molar-refractivity contribution in [3.05, 3.63) is 65.7 Å². The number of hydrogen-bond acceptors (Lipinski definition) is 5. The average molecular weight is 386 g/mol. The molecule has 0 aliphatic heterocycles. The number of ether oxygens (including phenoxy) is 2. The fourth-order valence-electron chi connectivity index (χ4n) is 2.33. The fraction of sp³-hybridized carbons (Fsp3) is 0.250. The highest BCUT2D eigenvalue weighted by atomic mass is 32.1. The summed E-state index contributed by atoms with van der Waals surface area (Å²) < 4.78 is 9.75. The first kappa shape index (κ1) is 20.4. The number of rotatable bonds is 5. The first-order valence-electron chi connectivity index (χ1n) is 8.62. The molecule has 27 heavy (non-hydrogen) atoms. The molecule has 142 valence electrons. The quantitative estimate of drug-likeness (QED) is 0.758. The number of nitrogens with one attached hydrogen (secondary N) is 1. The number of anilines is 1. The summed E-state index contributed by atoms with van der Waals surface area (Å²) in [7, 11) is 0. The van der Waals surface area contributed by atoms with E-state index in [1.807, 2.05) is 42.5 Å². The van der Waals surface area contributed by atoms with Gasteiger partial charge in [-0.2, -0.15) is 4.90 Å². The van der Waals surface area contributed by atoms with Gasteiger partial charge in [-0.15, -0.1) is 0 Å². The monoisotopic (exact) mass is 386 g/mol. The number of carbonyl (C=O) groups excluding carboxylic acids is 2. The third kappa shape index (κ3) is 6.07. The molecule has 0 atom stereocenters. The van der Waals surface area contributed by atoms with Crippen LogP contribution >= 0.6 is 12.2 Å². The number of benzene rings is 2. The van der Waals surface area contributed by atoms with Crippen molar-refractivity contribution in [2.24, 2.45) is 0 Å². The van der Waals surface area contributed by atoms with Gasteiger partial charge in [-0.05, 0) is 55.7 Å². The number of thiocarbonyl (C=S) groups is 1. The second-order valence-electron chi connectivity index (χ2n) is 5.52. The van der Waals surface area contributed by atoms with Crippen LogP contribution in [-0.2, 0) is 15.9 Å². The first-order valence-corrected chi connectivity index (χ1v) is 9.03. The van der Waals surface area contributed by atoms with Crippen LogP contribution in [0.4, 0.5) is 15.3 Å². The van der Waals surface area contributed by atoms with Gasteiger partial charge in [0.1, 0.15) is 0 Å². The van der Waals surface area contributed by atoms with Crippen molar-refractivity contribution in [1.82, 2.24) is 4.90 Å². The summed E-state index contributed by atoms with van der Waals surface area (Å²) >= 11 is 5.19. The Hall–Kier alpha value is -2.93. The molecule has 2 aromatic rings. The third-order valence-electron chi connectivity index (χ3n) is 3.56. The van der Waals surface area contributed by atoms with Crippen molar-refractivity contribution in [3.63, 3.8) is 0 Å². The zero-order valence-corrected chi connectivity index (χ0v) is 16.1. The van der Waals surface area contributed by atoms with Crippen LogP contribution in [0, 0.1) is 0 Å². The van der Waals surface area contributed by atoms with Gasteiger partial charge in [0.15, 0.2) is 5.11 Å². The van der Waals surface area contributed by atoms with Gasteiger partial charge in [-0.25, -0.2) is 9.59 Å². The smallest absolute Gasteiger partial charge is 0.425 e. The van der Waals surface area contributed by atoms with Gasteiger partial charge in [0.05, 0.1) is 13.2 Å². The minimum atomic E-state index is -0.880. The Bertz CT molecular complexity index is 760. The van der Waals surface area contributed by atoms with Crippen molar-refractivity contribution in [2.45, 2.75) is 20.3 Å². The zero-order valence-electron chi connectivity index (χ0n) is 15.3. The Balaban J connectivity index is 2.05. The van der Waals surface area contributed by atoms with E-state index < -0.39 is 12.2 Å². The second kappa shape index (κ2) is 10.3. The molecule has 1 N–H and O–H groups in total. The van der Waals surface area contributed by atoms with Gasteiger partial charge in [0, 0.05) is 5.69 Å². The van der Waals surface area contributed by atoms with Crippen LogP contribution in [0.1, 0.15) is 25.0 Å². The van der Waals surface area contributed by atoms with Crippen LogP contribution in [-0.4, -0.2) is 35.4 Å². The summed E-state index contributed by atoms with van der Waals surface area (Å²) in [5.74, 6) is 0. The Kier molecular flexibility index (Phi) is 7.76. The SMILES string of the molecule is CCOC(=O)N(C(=O)OCC)C(=S)Nc1ccc(Cc2ccccc2)cc1. The summed E-state index contributed by atoms with van der Waals surface area (Å²) in [4.78, 5) is 24.7. The molecule has 2 amide bonds. The lowest BCUT2D eigenvalue weighted by Crippen LogP contribution is -2.44. The molecule has 0 aliphatic carbocycles. The maximum Gasteiger partial charge on any atom is 0.425 e. The normalized spacial score (nSPS) is 10.0. The fourth-order valence-corrected chi connectivity index (χ4v) is 2.60. The minimum Gasteiger partial charge on any atom is -0.449 e. The van der Waals surface area contributed by atoms with Crippen LogP contribution < -0.4 is 5.32 Å². The Morgan fingerprint density at radius 1 is 0.889 bits per heavy atom. The van der Waals surface area contributed by atoms with E-state index in [1.165, 1.54) is 5.56 Å². The molecule has 0 saturated carbocycles. The van der Waals surface area contributed by atoms with Crippen LogP contribution in [0.2, 0.25) is 0 Å². The molecule has 0 heterocycles. The number of carbonyl (C=O) groups is 2. The molecule has 2 aromatic carbocycles. The molecule has 0 bridgehead atoms. The molecule has 0 saturated heterocycles. The van der Waals surface area contributed by atoms with E-state index >= 15 is 0 Å². The van der Waals surface area contributed by atoms with Crippen LogP contribution in [0.15, 0.2) is 54.6 Å². The summed E-state index contributed by atoms with van der Waals surface area (Å²) in [5, 5.41) is 2.76. The molecule has 2 rings (SSSR count). The molecule has 0 aromatic heterocycles. The predicted molar refractivity (Wildman–Crippen MR) is 108 cm³/mol. The number of hydrogen-bond donors (Lipinski definition) is 1. The predicted octanol–water partition coefficient (Wildman–Crippen LogP) is 4.59. The maximum absolute atomic E-state index is 12.0. The number of nitrogens with zero attached hydrogens (tertiary/aromatic N) is 1. The van der Waals surface area contributed by atoms with Gasteiger partial charge in [0.25, 0.3) is 0 Å². The van der Waals surface area contributed by atoms with Crippen LogP contribution in [0.25, 0.3) is 0 Å². The lowest BCUT2D eigenvalue weighted by molar-refractivity contribution is 0.102. The van der Waals surface area contributed by atoms with Crippen molar-refractivity contribution < 1.29 is 19.1 Å². The van der Waals surface area contributed by atoms with Crippen molar-refractivity contribution >= 4 is 35.2 Å². The Morgan fingerprint density at radius 2 is 1.41 bits per heavy atom. The van der Waals surface area contributed by atoms with Crippen molar-refractivity contribution in [2.75, 3.05) is 18.5 Å².